The molecule has 0 aliphatic rings. The Bertz CT molecular complexity index is 417. The molecule has 5 nitrogen and oxygen atoms in total. The zero-order valence-electron chi connectivity index (χ0n) is 9.10. The number of aromatic nitrogens is 2. The molecule has 96 valence electrons. The Morgan fingerprint density at radius 3 is 2.82 bits per heavy atom. The molecule has 0 fully saturated rings. The first kappa shape index (κ1) is 13.5. The number of H-pyrrole nitrogens is 1. The molecule has 2 N–H and O–H groups in total. The molecule has 1 heterocycles. The van der Waals surface area contributed by atoms with E-state index in [4.69, 9.17) is 4.74 Å². The van der Waals surface area contributed by atoms with Crippen molar-refractivity contribution in [2.24, 2.45) is 0 Å². The highest BCUT2D eigenvalue weighted by atomic mass is 19.4. The van der Waals surface area contributed by atoms with Crippen LogP contribution in [0.2, 0.25) is 0 Å². The fraction of sp³-hybridized carbons (Fsp3) is 0.556. The molecule has 1 aromatic rings. The summed E-state index contributed by atoms with van der Waals surface area (Å²) in [6.07, 6.45) is -4.03. The zero-order valence-corrected chi connectivity index (χ0v) is 9.10. The van der Waals surface area contributed by atoms with E-state index >= 15 is 0 Å². The van der Waals surface area contributed by atoms with E-state index in [0.717, 1.165) is 0 Å². The predicted molar refractivity (Wildman–Crippen MR) is 54.8 cm³/mol. The summed E-state index contributed by atoms with van der Waals surface area (Å²) in [5.41, 5.74) is -2.06. The molecule has 0 bridgehead atoms. The molecular formula is C9H12F3N3O2. The van der Waals surface area contributed by atoms with E-state index in [0.29, 0.717) is 25.6 Å². The van der Waals surface area contributed by atoms with E-state index in [1.165, 1.54) is 7.11 Å². The predicted octanol–water partition coefficient (Wildman–Crippen LogP) is 1.24. The van der Waals surface area contributed by atoms with E-state index in [9.17, 15) is 18.0 Å². The average molecular weight is 251 g/mol. The first-order valence-corrected chi connectivity index (χ1v) is 4.85. The van der Waals surface area contributed by atoms with Gasteiger partial charge in [-0.2, -0.15) is 13.2 Å². The molecule has 17 heavy (non-hydrogen) atoms. The van der Waals surface area contributed by atoms with Crippen LogP contribution < -0.4 is 10.9 Å². The van der Waals surface area contributed by atoms with Crippen LogP contribution in [0.4, 0.5) is 19.1 Å². The lowest BCUT2D eigenvalue weighted by atomic mass is 10.4. The van der Waals surface area contributed by atoms with Crippen molar-refractivity contribution in [3.05, 3.63) is 22.1 Å². The number of halogens is 3. The van der Waals surface area contributed by atoms with Crippen LogP contribution in [0.3, 0.4) is 0 Å². The molecule has 0 aliphatic carbocycles. The van der Waals surface area contributed by atoms with Gasteiger partial charge in [-0.15, -0.1) is 0 Å². The maximum Gasteiger partial charge on any atom is 0.433 e. The summed E-state index contributed by atoms with van der Waals surface area (Å²) in [6, 6.07) is 0.417. The Morgan fingerprint density at radius 2 is 2.24 bits per heavy atom. The van der Waals surface area contributed by atoms with Crippen LogP contribution in [0, 0.1) is 0 Å². The van der Waals surface area contributed by atoms with Crippen molar-refractivity contribution < 1.29 is 17.9 Å². The van der Waals surface area contributed by atoms with Gasteiger partial charge in [-0.3, -0.25) is 9.78 Å². The Balaban J connectivity index is 2.73. The molecule has 0 saturated carbocycles. The minimum Gasteiger partial charge on any atom is -0.385 e. The van der Waals surface area contributed by atoms with Gasteiger partial charge in [0.15, 0.2) is 5.69 Å². The summed E-state index contributed by atoms with van der Waals surface area (Å²) in [5.74, 6) is -0.194. The van der Waals surface area contributed by atoms with Gasteiger partial charge >= 0.3 is 6.18 Å². The van der Waals surface area contributed by atoms with Gasteiger partial charge in [-0.25, -0.2) is 4.98 Å². The lowest BCUT2D eigenvalue weighted by molar-refractivity contribution is -0.141. The number of anilines is 1. The SMILES string of the molecule is COCCCNc1nc(C(F)(F)F)cc(=O)[nH]1. The van der Waals surface area contributed by atoms with E-state index in [1.807, 2.05) is 0 Å². The minimum atomic E-state index is -4.63. The number of rotatable bonds is 5. The maximum absolute atomic E-state index is 12.3. The summed E-state index contributed by atoms with van der Waals surface area (Å²) in [5, 5.41) is 2.59. The molecule has 0 saturated heterocycles. The second-order valence-electron chi connectivity index (χ2n) is 3.25. The number of ether oxygens (including phenoxy) is 1. The number of nitrogens with one attached hydrogen (secondary N) is 2. The quantitative estimate of drug-likeness (QED) is 0.772. The molecule has 0 atom stereocenters. The van der Waals surface area contributed by atoms with Crippen LogP contribution in [0.5, 0.6) is 0 Å². The molecule has 1 aromatic heterocycles. The highest BCUT2D eigenvalue weighted by Gasteiger charge is 2.33. The smallest absolute Gasteiger partial charge is 0.385 e. The van der Waals surface area contributed by atoms with Crippen molar-refractivity contribution in [3.8, 4) is 0 Å². The van der Waals surface area contributed by atoms with Gasteiger partial charge in [-0.1, -0.05) is 0 Å². The molecule has 0 amide bonds. The third kappa shape index (κ3) is 4.43. The molecular weight excluding hydrogens is 239 g/mol. The summed E-state index contributed by atoms with van der Waals surface area (Å²) in [4.78, 5) is 16.4. The van der Waals surface area contributed by atoms with E-state index in [1.54, 1.807) is 0 Å². The second kappa shape index (κ2) is 5.67. The van der Waals surface area contributed by atoms with Gasteiger partial charge in [-0.05, 0) is 6.42 Å². The van der Waals surface area contributed by atoms with Crippen molar-refractivity contribution in [2.45, 2.75) is 12.6 Å². The van der Waals surface area contributed by atoms with Crippen LogP contribution in [-0.4, -0.2) is 30.2 Å². The number of aromatic amines is 1. The summed E-state index contributed by atoms with van der Waals surface area (Å²) in [7, 11) is 1.52. The minimum absolute atomic E-state index is 0.194. The highest BCUT2D eigenvalue weighted by Crippen LogP contribution is 2.26. The van der Waals surface area contributed by atoms with Crippen molar-refractivity contribution in [3.63, 3.8) is 0 Å². The van der Waals surface area contributed by atoms with Crippen molar-refractivity contribution in [1.82, 2.24) is 9.97 Å². The van der Waals surface area contributed by atoms with Gasteiger partial charge in [0.05, 0.1) is 0 Å². The summed E-state index contributed by atoms with van der Waals surface area (Å²) in [6.45, 7) is 0.828. The summed E-state index contributed by atoms with van der Waals surface area (Å²) < 4.78 is 41.8. The summed E-state index contributed by atoms with van der Waals surface area (Å²) >= 11 is 0. The first-order chi connectivity index (χ1) is 7.93. The number of methoxy groups -OCH3 is 1. The molecule has 8 heteroatoms. The fourth-order valence-electron chi connectivity index (χ4n) is 1.11. The Hall–Kier alpha value is -1.57. The second-order valence-corrected chi connectivity index (χ2v) is 3.25. The molecule has 0 unspecified atom stereocenters. The molecule has 0 aliphatic heterocycles. The topological polar surface area (TPSA) is 67.0 Å². The van der Waals surface area contributed by atoms with Crippen molar-refractivity contribution in [2.75, 3.05) is 25.6 Å². The highest BCUT2D eigenvalue weighted by molar-refractivity contribution is 5.25. The van der Waals surface area contributed by atoms with Gasteiger partial charge in [0.2, 0.25) is 5.95 Å². The van der Waals surface area contributed by atoms with E-state index in [-0.39, 0.29) is 5.95 Å². The van der Waals surface area contributed by atoms with Gasteiger partial charge in [0, 0.05) is 26.3 Å². The first-order valence-electron chi connectivity index (χ1n) is 4.85. The molecule has 0 aromatic carbocycles. The zero-order chi connectivity index (χ0) is 12.9. The normalized spacial score (nSPS) is 11.5. The standard InChI is InChI=1S/C9H12F3N3O2/c1-17-4-2-3-13-8-14-6(9(10,11)12)5-7(16)15-8/h5H,2-4H2,1H3,(H2,13,14,15,16). The molecule has 0 spiro atoms. The van der Waals surface area contributed by atoms with Gasteiger partial charge in [0.25, 0.3) is 5.56 Å². The Labute approximate surface area is 95.0 Å². The maximum atomic E-state index is 12.3. The van der Waals surface area contributed by atoms with Crippen LogP contribution >= 0.6 is 0 Å². The number of hydrogen-bond acceptors (Lipinski definition) is 4. The number of hydrogen-bond donors (Lipinski definition) is 2. The van der Waals surface area contributed by atoms with E-state index < -0.39 is 17.4 Å². The third-order valence-electron chi connectivity index (χ3n) is 1.85. The fourth-order valence-corrected chi connectivity index (χ4v) is 1.11. The molecule has 0 radical (unpaired) electrons. The Kier molecular flexibility index (Phi) is 4.50. The monoisotopic (exact) mass is 251 g/mol. The lowest BCUT2D eigenvalue weighted by Crippen LogP contribution is -2.19. The third-order valence-corrected chi connectivity index (χ3v) is 1.85. The largest absolute Gasteiger partial charge is 0.433 e. The number of alkyl halides is 3. The van der Waals surface area contributed by atoms with Crippen LogP contribution in [0.15, 0.2) is 10.9 Å². The van der Waals surface area contributed by atoms with Crippen LogP contribution in [0.25, 0.3) is 0 Å². The lowest BCUT2D eigenvalue weighted by Gasteiger charge is -2.08. The Morgan fingerprint density at radius 1 is 1.53 bits per heavy atom. The van der Waals surface area contributed by atoms with Crippen molar-refractivity contribution >= 4 is 5.95 Å². The molecule has 1 rings (SSSR count). The number of nitrogens with zero attached hydrogens (tertiary/aromatic N) is 1. The van der Waals surface area contributed by atoms with Crippen LogP contribution in [0.1, 0.15) is 12.1 Å². The van der Waals surface area contributed by atoms with Crippen molar-refractivity contribution in [1.29, 1.82) is 0 Å². The van der Waals surface area contributed by atoms with Gasteiger partial charge < -0.3 is 10.1 Å². The average Bonchev–Trinajstić information content (AvgIpc) is 2.22. The van der Waals surface area contributed by atoms with E-state index in [2.05, 4.69) is 15.3 Å². The van der Waals surface area contributed by atoms with Gasteiger partial charge in [0.1, 0.15) is 0 Å². The van der Waals surface area contributed by atoms with Crippen LogP contribution in [-0.2, 0) is 10.9 Å².